The van der Waals surface area contributed by atoms with Gasteiger partial charge in [0.25, 0.3) is 0 Å². The molecule has 1 nitrogen and oxygen atoms in total. The summed E-state index contributed by atoms with van der Waals surface area (Å²) >= 11 is 0. The third-order valence-corrected chi connectivity index (χ3v) is 10.3. The lowest BCUT2D eigenvalue weighted by atomic mass is 10.3. The topological polar surface area (TPSA) is 23.8 Å². The van der Waals surface area contributed by atoms with Crippen molar-refractivity contribution in [1.29, 1.82) is 5.26 Å². The fraction of sp³-hybridized carbons (Fsp3) is 0.0952. The maximum absolute atomic E-state index is 8.90. The number of nitriles is 1. The summed E-state index contributed by atoms with van der Waals surface area (Å²) in [4.78, 5) is 0. The van der Waals surface area contributed by atoms with E-state index in [9.17, 15) is 0 Å². The van der Waals surface area contributed by atoms with Crippen LogP contribution in [0.25, 0.3) is 0 Å². The first-order valence-corrected chi connectivity index (χ1v) is 11.5. The van der Waals surface area contributed by atoms with Gasteiger partial charge in [0.05, 0.1) is 29.1 Å². The molecule has 0 N–H and O–H groups in total. The van der Waals surface area contributed by atoms with Crippen LogP contribution in [-0.2, 0) is 0 Å². The van der Waals surface area contributed by atoms with E-state index in [1.165, 1.54) is 15.9 Å². The minimum absolute atomic E-state index is 0.618. The van der Waals surface area contributed by atoms with Crippen molar-refractivity contribution in [3.05, 3.63) is 91.0 Å². The Morgan fingerprint density at radius 1 is 0.720 bits per heavy atom. The van der Waals surface area contributed by atoms with Crippen molar-refractivity contribution >= 4 is 38.2 Å². The van der Waals surface area contributed by atoms with Gasteiger partial charge in [-0.2, -0.15) is 5.26 Å². The van der Waals surface area contributed by atoms with Crippen LogP contribution in [0.1, 0.15) is 6.42 Å². The van der Waals surface area contributed by atoms with E-state index in [1.54, 1.807) is 0 Å². The monoisotopic (exact) mass is 359 g/mol. The molecular formula is C21H20BNP2+. The van der Waals surface area contributed by atoms with E-state index in [2.05, 4.69) is 104 Å². The van der Waals surface area contributed by atoms with E-state index in [0.29, 0.717) is 14.9 Å². The highest BCUT2D eigenvalue weighted by molar-refractivity contribution is 8.28. The zero-order valence-electron chi connectivity index (χ0n) is 14.0. The van der Waals surface area contributed by atoms with Gasteiger partial charge in [-0.3, -0.25) is 0 Å². The molecule has 0 amide bonds. The average molecular weight is 359 g/mol. The highest BCUT2D eigenvalue weighted by Crippen LogP contribution is 2.56. The predicted octanol–water partition coefficient (Wildman–Crippen LogP) is 4.11. The van der Waals surface area contributed by atoms with Crippen molar-refractivity contribution in [2.24, 2.45) is 0 Å². The second-order valence-corrected chi connectivity index (χ2v) is 10.7. The maximum atomic E-state index is 8.90. The molecule has 0 spiro atoms. The summed E-state index contributed by atoms with van der Waals surface area (Å²) < 4.78 is 0. The Morgan fingerprint density at radius 3 is 1.48 bits per heavy atom. The molecule has 0 aliphatic rings. The summed E-state index contributed by atoms with van der Waals surface area (Å²) in [6.45, 7) is 2.52. The van der Waals surface area contributed by atoms with Crippen LogP contribution >= 0.6 is 15.6 Å². The highest BCUT2D eigenvalue weighted by atomic mass is 31.2. The van der Waals surface area contributed by atoms with Gasteiger partial charge < -0.3 is 0 Å². The first kappa shape index (κ1) is 17.9. The molecule has 0 bridgehead atoms. The van der Waals surface area contributed by atoms with Crippen LogP contribution in [0.15, 0.2) is 91.0 Å². The zero-order chi connectivity index (χ0) is 17.4. The standard InChI is InChI=1S/C21H20BNP2/c23-17-10-18-24-22-25(19-11-4-1-5-12-19,20-13-6-2-7-14-20)21-15-8-3-9-16-21/h1-9,11-16,24H,10,18H2/q+1. The van der Waals surface area contributed by atoms with E-state index in [4.69, 9.17) is 5.26 Å². The Kier molecular flexibility index (Phi) is 6.41. The Bertz CT molecular complexity index is 720. The number of nitrogens with zero attached hydrogens (tertiary/aromatic N) is 1. The summed E-state index contributed by atoms with van der Waals surface area (Å²) in [7, 11) is -1.15. The van der Waals surface area contributed by atoms with Gasteiger partial charge in [0.15, 0.2) is 0 Å². The van der Waals surface area contributed by atoms with Crippen molar-refractivity contribution in [1.82, 2.24) is 0 Å². The first-order valence-electron chi connectivity index (χ1n) is 8.38. The minimum Gasteiger partial charge on any atom is -0.198 e. The average Bonchev–Trinajstić information content (AvgIpc) is 2.70. The van der Waals surface area contributed by atoms with E-state index < -0.39 is 7.14 Å². The van der Waals surface area contributed by atoms with E-state index in [0.717, 1.165) is 6.16 Å². The molecule has 0 fully saturated rings. The number of benzene rings is 3. The van der Waals surface area contributed by atoms with Crippen LogP contribution in [0.2, 0.25) is 0 Å². The Labute approximate surface area is 153 Å². The van der Waals surface area contributed by atoms with Crippen LogP contribution in [0.4, 0.5) is 0 Å². The normalized spacial score (nSPS) is 11.3. The quantitative estimate of drug-likeness (QED) is 0.354. The van der Waals surface area contributed by atoms with Crippen LogP contribution < -0.4 is 15.9 Å². The van der Waals surface area contributed by atoms with Crippen LogP contribution in [0.3, 0.4) is 0 Å². The number of hydrogen-bond acceptors (Lipinski definition) is 1. The van der Waals surface area contributed by atoms with Crippen LogP contribution in [-0.4, -0.2) is 12.9 Å². The molecule has 1 radical (unpaired) electrons. The molecule has 1 atom stereocenters. The summed E-state index contributed by atoms with van der Waals surface area (Å²) in [6, 6.07) is 34.8. The second kappa shape index (κ2) is 8.96. The summed E-state index contributed by atoms with van der Waals surface area (Å²) in [5.74, 6) is 0. The van der Waals surface area contributed by atoms with Gasteiger partial charge in [-0.1, -0.05) is 54.6 Å². The van der Waals surface area contributed by atoms with Crippen molar-refractivity contribution < 1.29 is 0 Å². The summed E-state index contributed by atoms with van der Waals surface area (Å²) in [5, 5.41) is 13.0. The number of rotatable bonds is 7. The van der Waals surface area contributed by atoms with E-state index in [-0.39, 0.29) is 0 Å². The predicted molar refractivity (Wildman–Crippen MR) is 114 cm³/mol. The second-order valence-electron chi connectivity index (χ2n) is 5.72. The molecular weight excluding hydrogens is 339 g/mol. The van der Waals surface area contributed by atoms with Crippen molar-refractivity contribution in [2.45, 2.75) is 6.42 Å². The Hall–Kier alpha value is -1.93. The third-order valence-electron chi connectivity index (χ3n) is 4.16. The molecule has 121 valence electrons. The summed E-state index contributed by atoms with van der Waals surface area (Å²) in [6.07, 6.45) is 1.55. The van der Waals surface area contributed by atoms with Gasteiger partial charge in [0.1, 0.15) is 0 Å². The lowest BCUT2D eigenvalue weighted by Gasteiger charge is -2.27. The Morgan fingerprint density at radius 2 is 1.12 bits per heavy atom. The zero-order valence-corrected chi connectivity index (χ0v) is 15.9. The molecule has 0 aromatic heterocycles. The van der Waals surface area contributed by atoms with Gasteiger partial charge in [-0.25, -0.2) is 0 Å². The lowest BCUT2D eigenvalue weighted by Crippen LogP contribution is -2.33. The van der Waals surface area contributed by atoms with Gasteiger partial charge in [-0.05, 0) is 42.6 Å². The SMILES string of the molecule is N#CCCP[B][P+](c1ccccc1)(c1ccccc1)c1ccccc1. The third kappa shape index (κ3) is 4.01. The van der Waals surface area contributed by atoms with Crippen molar-refractivity contribution in [2.75, 3.05) is 6.16 Å². The first-order chi connectivity index (χ1) is 12.4. The summed E-state index contributed by atoms with van der Waals surface area (Å²) in [5.41, 5.74) is 0. The lowest BCUT2D eigenvalue weighted by molar-refractivity contribution is 1.24. The van der Waals surface area contributed by atoms with Crippen LogP contribution in [0, 0.1) is 11.3 Å². The fourth-order valence-electron chi connectivity index (χ4n) is 2.99. The molecule has 3 aromatic carbocycles. The smallest absolute Gasteiger partial charge is 0.198 e. The molecule has 0 saturated heterocycles. The highest BCUT2D eigenvalue weighted by Gasteiger charge is 2.45. The van der Waals surface area contributed by atoms with E-state index in [1.807, 2.05) is 0 Å². The van der Waals surface area contributed by atoms with Gasteiger partial charge in [0.2, 0.25) is 0 Å². The van der Waals surface area contributed by atoms with Crippen molar-refractivity contribution in [3.8, 4) is 6.07 Å². The number of hydrogen-bond donors (Lipinski definition) is 0. The molecule has 25 heavy (non-hydrogen) atoms. The largest absolute Gasteiger partial charge is 0.402 e. The van der Waals surface area contributed by atoms with Gasteiger partial charge in [-0.15, -0.1) is 8.46 Å². The molecule has 4 heteroatoms. The molecule has 0 aliphatic heterocycles. The van der Waals surface area contributed by atoms with E-state index >= 15 is 0 Å². The molecule has 3 rings (SSSR count). The minimum atomic E-state index is -1.82. The molecule has 0 heterocycles. The van der Waals surface area contributed by atoms with Crippen molar-refractivity contribution in [3.63, 3.8) is 0 Å². The molecule has 3 aromatic rings. The maximum Gasteiger partial charge on any atom is 0.402 e. The molecule has 0 saturated carbocycles. The van der Waals surface area contributed by atoms with Crippen LogP contribution in [0.5, 0.6) is 0 Å². The fourth-order valence-corrected chi connectivity index (χ4v) is 9.47. The molecule has 1 unspecified atom stereocenters. The molecule has 0 aliphatic carbocycles. The van der Waals surface area contributed by atoms with Gasteiger partial charge >= 0.3 is 6.72 Å². The Balaban J connectivity index is 2.15. The van der Waals surface area contributed by atoms with Gasteiger partial charge in [0, 0.05) is 6.42 Å².